The minimum atomic E-state index is -0.758. The van der Waals surface area contributed by atoms with Gasteiger partial charge in [-0.25, -0.2) is 9.36 Å². The lowest BCUT2D eigenvalue weighted by atomic mass is 10.1. The minimum Gasteiger partial charge on any atom is -0.324 e. The first-order valence-corrected chi connectivity index (χ1v) is 7.63. The molecule has 2 aromatic rings. The van der Waals surface area contributed by atoms with E-state index in [0.29, 0.717) is 12.2 Å². The number of nitrogens with zero attached hydrogens (tertiary/aromatic N) is 3. The van der Waals surface area contributed by atoms with E-state index in [1.165, 1.54) is 10.8 Å². The second kappa shape index (κ2) is 7.42. The van der Waals surface area contributed by atoms with Crippen LogP contribution in [0.1, 0.15) is 25.0 Å². The number of hydrogen-bond donors (Lipinski definition) is 1. The maximum atomic E-state index is 12.3. The molecule has 7 heteroatoms. The number of nitriles is 1. The van der Waals surface area contributed by atoms with Crippen molar-refractivity contribution < 1.29 is 4.79 Å². The van der Waals surface area contributed by atoms with Crippen LogP contribution in [0.15, 0.2) is 40.1 Å². The number of nitrogens with one attached hydrogen (secondary N) is 1. The standard InChI is InChI=1S/C17H18N4O3/c1-3-12-7-5-6-8-14(12)19-15(22)11-21-16(23)13(9-18)10-20(4-2)17(21)24/h5-8,10H,3-4,11H2,1-2H3,(H,19,22). The summed E-state index contributed by atoms with van der Waals surface area (Å²) >= 11 is 0. The second-order valence-corrected chi connectivity index (χ2v) is 5.17. The van der Waals surface area contributed by atoms with Gasteiger partial charge >= 0.3 is 5.69 Å². The molecule has 1 heterocycles. The Morgan fingerprint density at radius 1 is 1.25 bits per heavy atom. The maximum absolute atomic E-state index is 12.3. The summed E-state index contributed by atoms with van der Waals surface area (Å²) in [7, 11) is 0. The van der Waals surface area contributed by atoms with Crippen LogP contribution in [-0.2, 0) is 24.3 Å². The topological polar surface area (TPSA) is 96.9 Å². The van der Waals surface area contributed by atoms with Gasteiger partial charge in [0, 0.05) is 18.4 Å². The van der Waals surface area contributed by atoms with Gasteiger partial charge in [0.2, 0.25) is 5.91 Å². The minimum absolute atomic E-state index is 0.168. The van der Waals surface area contributed by atoms with Gasteiger partial charge < -0.3 is 5.32 Å². The van der Waals surface area contributed by atoms with Gasteiger partial charge in [0.05, 0.1) is 0 Å². The van der Waals surface area contributed by atoms with E-state index in [9.17, 15) is 14.4 Å². The molecule has 1 aromatic heterocycles. The predicted molar refractivity (Wildman–Crippen MR) is 89.8 cm³/mol. The lowest BCUT2D eigenvalue weighted by Gasteiger charge is -2.12. The Balaban J connectivity index is 2.34. The van der Waals surface area contributed by atoms with Crippen LogP contribution in [0.2, 0.25) is 0 Å². The summed E-state index contributed by atoms with van der Waals surface area (Å²) in [5.41, 5.74) is 0.0602. The van der Waals surface area contributed by atoms with Crippen molar-refractivity contribution >= 4 is 11.6 Å². The summed E-state index contributed by atoms with van der Waals surface area (Å²) in [6.07, 6.45) is 1.95. The van der Waals surface area contributed by atoms with Crippen LogP contribution in [0.4, 0.5) is 5.69 Å². The molecule has 7 nitrogen and oxygen atoms in total. The number of amides is 1. The molecule has 0 spiro atoms. The average molecular weight is 326 g/mol. The van der Waals surface area contributed by atoms with E-state index in [2.05, 4.69) is 5.32 Å². The number of aryl methyl sites for hydroxylation is 2. The molecule has 124 valence electrons. The first-order valence-electron chi connectivity index (χ1n) is 7.63. The summed E-state index contributed by atoms with van der Waals surface area (Å²) in [5.74, 6) is -0.493. The average Bonchev–Trinajstić information content (AvgIpc) is 2.59. The smallest absolute Gasteiger partial charge is 0.324 e. The molecule has 0 radical (unpaired) electrons. The SMILES string of the molecule is CCc1ccccc1NC(=O)Cn1c(=O)c(C#N)cn(CC)c1=O. The number of para-hydroxylation sites is 1. The number of carbonyl (C=O) groups is 1. The molecule has 0 fully saturated rings. The van der Waals surface area contributed by atoms with Crippen molar-refractivity contribution in [2.75, 3.05) is 5.32 Å². The largest absolute Gasteiger partial charge is 0.331 e. The third-order valence-corrected chi connectivity index (χ3v) is 3.67. The zero-order valence-corrected chi connectivity index (χ0v) is 13.6. The predicted octanol–water partition coefficient (Wildman–Crippen LogP) is 1.10. The number of hydrogen-bond acceptors (Lipinski definition) is 4. The van der Waals surface area contributed by atoms with Gasteiger partial charge in [-0.05, 0) is 25.0 Å². The lowest BCUT2D eigenvalue weighted by Crippen LogP contribution is -2.43. The highest BCUT2D eigenvalue weighted by Gasteiger charge is 2.14. The first kappa shape index (κ1) is 17.2. The molecular formula is C17H18N4O3. The molecule has 0 bridgehead atoms. The van der Waals surface area contributed by atoms with E-state index in [1.807, 2.05) is 19.1 Å². The van der Waals surface area contributed by atoms with Crippen LogP contribution < -0.4 is 16.6 Å². The van der Waals surface area contributed by atoms with Gasteiger partial charge in [-0.2, -0.15) is 5.26 Å². The Labute approximate surface area is 138 Å². The molecule has 0 unspecified atom stereocenters. The molecule has 0 aliphatic rings. The van der Waals surface area contributed by atoms with Crippen LogP contribution >= 0.6 is 0 Å². The zero-order valence-electron chi connectivity index (χ0n) is 13.6. The second-order valence-electron chi connectivity index (χ2n) is 5.17. The Morgan fingerprint density at radius 2 is 1.96 bits per heavy atom. The lowest BCUT2D eigenvalue weighted by molar-refractivity contribution is -0.116. The molecule has 0 saturated heterocycles. The Hall–Kier alpha value is -3.14. The van der Waals surface area contributed by atoms with E-state index in [4.69, 9.17) is 5.26 Å². The van der Waals surface area contributed by atoms with Crippen LogP contribution in [0, 0.1) is 11.3 Å². The molecule has 1 N–H and O–H groups in total. The Bertz CT molecular complexity index is 919. The van der Waals surface area contributed by atoms with Crippen LogP contribution in [-0.4, -0.2) is 15.0 Å². The zero-order chi connectivity index (χ0) is 17.7. The highest BCUT2D eigenvalue weighted by molar-refractivity contribution is 5.91. The summed E-state index contributed by atoms with van der Waals surface area (Å²) in [5, 5.41) is 11.7. The monoisotopic (exact) mass is 326 g/mol. The van der Waals surface area contributed by atoms with Crippen molar-refractivity contribution in [2.24, 2.45) is 0 Å². The van der Waals surface area contributed by atoms with E-state index >= 15 is 0 Å². The van der Waals surface area contributed by atoms with Gasteiger partial charge in [-0.15, -0.1) is 0 Å². The molecule has 0 saturated carbocycles. The molecule has 24 heavy (non-hydrogen) atoms. The van der Waals surface area contributed by atoms with Crippen LogP contribution in [0.3, 0.4) is 0 Å². The van der Waals surface area contributed by atoms with Crippen molar-refractivity contribution in [3.63, 3.8) is 0 Å². The third kappa shape index (κ3) is 3.43. The van der Waals surface area contributed by atoms with Crippen LogP contribution in [0.5, 0.6) is 0 Å². The number of rotatable bonds is 5. The molecule has 0 atom stereocenters. The normalized spacial score (nSPS) is 10.2. The number of anilines is 1. The molecule has 0 aliphatic carbocycles. The Morgan fingerprint density at radius 3 is 2.58 bits per heavy atom. The number of carbonyl (C=O) groups excluding carboxylic acids is 1. The molecule has 0 aliphatic heterocycles. The van der Waals surface area contributed by atoms with E-state index in [0.717, 1.165) is 16.6 Å². The number of aromatic nitrogens is 2. The van der Waals surface area contributed by atoms with Crippen molar-refractivity contribution in [1.82, 2.24) is 9.13 Å². The van der Waals surface area contributed by atoms with Crippen molar-refractivity contribution in [3.8, 4) is 6.07 Å². The fourth-order valence-corrected chi connectivity index (χ4v) is 2.38. The summed E-state index contributed by atoms with van der Waals surface area (Å²) in [6, 6.07) is 9.07. The fraction of sp³-hybridized carbons (Fsp3) is 0.294. The van der Waals surface area contributed by atoms with E-state index < -0.39 is 23.7 Å². The van der Waals surface area contributed by atoms with Gasteiger partial charge in [0.15, 0.2) is 0 Å². The van der Waals surface area contributed by atoms with Gasteiger partial charge in [0.1, 0.15) is 18.2 Å². The summed E-state index contributed by atoms with van der Waals surface area (Å²) < 4.78 is 2.01. The maximum Gasteiger partial charge on any atom is 0.331 e. The highest BCUT2D eigenvalue weighted by Crippen LogP contribution is 2.15. The number of benzene rings is 1. The van der Waals surface area contributed by atoms with Gasteiger partial charge in [-0.3, -0.25) is 14.2 Å². The summed E-state index contributed by atoms with van der Waals surface area (Å²) in [4.78, 5) is 36.6. The van der Waals surface area contributed by atoms with Crippen molar-refractivity contribution in [3.05, 3.63) is 62.4 Å². The quantitative estimate of drug-likeness (QED) is 0.890. The van der Waals surface area contributed by atoms with Crippen molar-refractivity contribution in [2.45, 2.75) is 33.4 Å². The molecule has 1 aromatic carbocycles. The Kier molecular flexibility index (Phi) is 5.32. The first-order chi connectivity index (χ1) is 11.5. The van der Waals surface area contributed by atoms with Crippen molar-refractivity contribution in [1.29, 1.82) is 5.26 Å². The van der Waals surface area contributed by atoms with Gasteiger partial charge in [-0.1, -0.05) is 25.1 Å². The fourth-order valence-electron chi connectivity index (χ4n) is 2.38. The highest BCUT2D eigenvalue weighted by atomic mass is 16.2. The van der Waals surface area contributed by atoms with E-state index in [1.54, 1.807) is 25.1 Å². The summed E-state index contributed by atoms with van der Waals surface area (Å²) in [6.45, 7) is 3.54. The molecule has 1 amide bonds. The van der Waals surface area contributed by atoms with Crippen LogP contribution in [0.25, 0.3) is 0 Å². The molecular weight excluding hydrogens is 308 g/mol. The molecule has 2 rings (SSSR count). The van der Waals surface area contributed by atoms with E-state index in [-0.39, 0.29) is 5.56 Å². The van der Waals surface area contributed by atoms with Gasteiger partial charge in [0.25, 0.3) is 5.56 Å². The third-order valence-electron chi connectivity index (χ3n) is 3.67.